The van der Waals surface area contributed by atoms with E-state index in [-0.39, 0.29) is 18.1 Å². The first-order chi connectivity index (χ1) is 13.0. The van der Waals surface area contributed by atoms with Gasteiger partial charge >= 0.3 is 5.97 Å². The molecule has 0 aliphatic carbocycles. The third-order valence-corrected chi connectivity index (χ3v) is 4.07. The third kappa shape index (κ3) is 4.01. The maximum Gasteiger partial charge on any atom is 0.360 e. The third-order valence-electron chi connectivity index (χ3n) is 4.07. The number of fused-ring (bicyclic) bond motifs is 1. The molecule has 3 aromatic rings. The van der Waals surface area contributed by atoms with Gasteiger partial charge in [0, 0.05) is 17.3 Å². The van der Waals surface area contributed by atoms with E-state index in [1.54, 1.807) is 26.1 Å². The summed E-state index contributed by atoms with van der Waals surface area (Å²) in [5.74, 6) is 0.514. The normalized spacial score (nSPS) is 10.8. The summed E-state index contributed by atoms with van der Waals surface area (Å²) in [4.78, 5) is 16.4. The van der Waals surface area contributed by atoms with E-state index in [1.165, 1.54) is 0 Å². The van der Waals surface area contributed by atoms with E-state index in [4.69, 9.17) is 9.47 Å². The van der Waals surface area contributed by atoms with Gasteiger partial charge < -0.3 is 19.9 Å². The van der Waals surface area contributed by atoms with Gasteiger partial charge in [-0.05, 0) is 56.8 Å². The molecule has 140 valence electrons. The maximum absolute atomic E-state index is 12.1. The van der Waals surface area contributed by atoms with E-state index in [2.05, 4.69) is 10.3 Å². The van der Waals surface area contributed by atoms with Crippen LogP contribution in [0.1, 0.15) is 28.7 Å². The molecule has 3 rings (SSSR count). The molecule has 0 fully saturated rings. The zero-order valence-electron chi connectivity index (χ0n) is 15.6. The van der Waals surface area contributed by atoms with Gasteiger partial charge in [-0.1, -0.05) is 12.1 Å². The molecule has 6 nitrogen and oxygen atoms in total. The number of hydrogen-bond donors (Lipinski definition) is 2. The molecule has 2 aromatic carbocycles. The average molecular weight is 366 g/mol. The molecule has 1 heterocycles. The Bertz CT molecular complexity index is 985. The van der Waals surface area contributed by atoms with Crippen LogP contribution in [0.3, 0.4) is 0 Å². The summed E-state index contributed by atoms with van der Waals surface area (Å²) in [5, 5.41) is 14.8. The monoisotopic (exact) mass is 366 g/mol. The van der Waals surface area contributed by atoms with E-state index in [9.17, 15) is 9.90 Å². The van der Waals surface area contributed by atoms with Gasteiger partial charge in [0.15, 0.2) is 11.4 Å². The maximum atomic E-state index is 12.1. The number of aryl methyl sites for hydroxylation is 1. The molecular weight excluding hydrogens is 344 g/mol. The van der Waals surface area contributed by atoms with Crippen molar-refractivity contribution in [3.8, 4) is 17.2 Å². The van der Waals surface area contributed by atoms with Gasteiger partial charge in [-0.15, -0.1) is 0 Å². The summed E-state index contributed by atoms with van der Waals surface area (Å²) in [6.45, 7) is 4.34. The van der Waals surface area contributed by atoms with E-state index >= 15 is 0 Å². The fourth-order valence-electron chi connectivity index (χ4n) is 2.87. The minimum atomic E-state index is -0.644. The molecule has 6 heteroatoms. The van der Waals surface area contributed by atoms with Crippen LogP contribution in [0.4, 0.5) is 0 Å². The predicted molar refractivity (Wildman–Crippen MR) is 103 cm³/mol. The minimum Gasteiger partial charge on any atom is -0.505 e. The fraction of sp³-hybridized carbons (Fsp3) is 0.238. The topological polar surface area (TPSA) is 80.7 Å². The summed E-state index contributed by atoms with van der Waals surface area (Å²) in [5.41, 5.74) is 1.65. The largest absolute Gasteiger partial charge is 0.505 e. The highest BCUT2D eigenvalue weighted by Crippen LogP contribution is 2.34. The molecular formula is C21H22N2O4. The molecule has 0 aliphatic rings. The van der Waals surface area contributed by atoms with Gasteiger partial charge in [0.2, 0.25) is 0 Å². The van der Waals surface area contributed by atoms with Crippen LogP contribution in [0, 0.1) is 6.92 Å². The van der Waals surface area contributed by atoms with Gasteiger partial charge in [-0.3, -0.25) is 0 Å². The first kappa shape index (κ1) is 18.7. The van der Waals surface area contributed by atoms with Gasteiger partial charge in [0.1, 0.15) is 11.5 Å². The number of ether oxygens (including phenoxy) is 2. The molecule has 0 saturated heterocycles. The zero-order valence-corrected chi connectivity index (χ0v) is 15.6. The number of aromatic hydroxyl groups is 1. The fourth-order valence-corrected chi connectivity index (χ4v) is 2.87. The van der Waals surface area contributed by atoms with Crippen molar-refractivity contribution in [3.63, 3.8) is 0 Å². The molecule has 0 amide bonds. The number of carbonyl (C=O) groups excluding carboxylic acids is 1. The summed E-state index contributed by atoms with van der Waals surface area (Å²) in [7, 11) is 1.79. The Kier molecular flexibility index (Phi) is 5.57. The Hall–Kier alpha value is -3.12. The quantitative estimate of drug-likeness (QED) is 0.643. The van der Waals surface area contributed by atoms with Crippen molar-refractivity contribution < 1.29 is 19.4 Å². The van der Waals surface area contributed by atoms with Crippen LogP contribution in [0.2, 0.25) is 0 Å². The molecule has 0 radical (unpaired) electrons. The van der Waals surface area contributed by atoms with Crippen molar-refractivity contribution in [2.45, 2.75) is 20.4 Å². The second-order valence-corrected chi connectivity index (χ2v) is 6.13. The second-order valence-electron chi connectivity index (χ2n) is 6.13. The Morgan fingerprint density at radius 3 is 2.63 bits per heavy atom. The number of carbonyl (C=O) groups is 1. The number of rotatable bonds is 6. The smallest absolute Gasteiger partial charge is 0.360 e. The Labute approximate surface area is 157 Å². The molecule has 1 aromatic heterocycles. The SMILES string of the molecule is CCOC(=O)c1nc(CNC)c2cc(Oc3cccc(C)c3)ccc2c1O. The Balaban J connectivity index is 2.08. The van der Waals surface area contributed by atoms with Crippen LogP contribution in [-0.4, -0.2) is 29.7 Å². The van der Waals surface area contributed by atoms with E-state index in [0.29, 0.717) is 28.8 Å². The summed E-state index contributed by atoms with van der Waals surface area (Å²) in [6.07, 6.45) is 0. The molecule has 0 spiro atoms. The Morgan fingerprint density at radius 1 is 1.15 bits per heavy atom. The number of nitrogens with zero attached hydrogens (tertiary/aromatic N) is 1. The van der Waals surface area contributed by atoms with E-state index in [1.807, 2.05) is 37.3 Å². The van der Waals surface area contributed by atoms with Crippen LogP contribution in [0.25, 0.3) is 10.8 Å². The number of nitrogens with one attached hydrogen (secondary N) is 1. The van der Waals surface area contributed by atoms with Crippen LogP contribution < -0.4 is 10.1 Å². The zero-order chi connectivity index (χ0) is 19.4. The summed E-state index contributed by atoms with van der Waals surface area (Å²) >= 11 is 0. The number of aromatic nitrogens is 1. The van der Waals surface area contributed by atoms with Crippen molar-refractivity contribution >= 4 is 16.7 Å². The predicted octanol–water partition coefficient (Wildman–Crippen LogP) is 3.94. The highest BCUT2D eigenvalue weighted by atomic mass is 16.5. The number of hydrogen-bond acceptors (Lipinski definition) is 6. The summed E-state index contributed by atoms with van der Waals surface area (Å²) in [6, 6.07) is 13.0. The van der Waals surface area contributed by atoms with E-state index in [0.717, 1.165) is 11.3 Å². The number of pyridine rings is 1. The van der Waals surface area contributed by atoms with Crippen LogP contribution >= 0.6 is 0 Å². The lowest BCUT2D eigenvalue weighted by Gasteiger charge is -2.13. The summed E-state index contributed by atoms with van der Waals surface area (Å²) < 4.78 is 10.9. The minimum absolute atomic E-state index is 0.0815. The highest BCUT2D eigenvalue weighted by Gasteiger charge is 2.20. The lowest BCUT2D eigenvalue weighted by molar-refractivity contribution is 0.0516. The average Bonchev–Trinajstić information content (AvgIpc) is 2.64. The van der Waals surface area contributed by atoms with Crippen molar-refractivity contribution in [1.29, 1.82) is 0 Å². The molecule has 0 saturated carbocycles. The number of esters is 1. The molecule has 0 bridgehead atoms. The number of benzene rings is 2. The molecule has 0 unspecified atom stereocenters. The molecule has 27 heavy (non-hydrogen) atoms. The molecule has 0 aliphatic heterocycles. The van der Waals surface area contributed by atoms with Crippen LogP contribution in [-0.2, 0) is 11.3 Å². The van der Waals surface area contributed by atoms with Gasteiger partial charge in [0.25, 0.3) is 0 Å². The lowest BCUT2D eigenvalue weighted by Crippen LogP contribution is -2.13. The molecule has 2 N–H and O–H groups in total. The second kappa shape index (κ2) is 8.05. The van der Waals surface area contributed by atoms with Crippen LogP contribution in [0.5, 0.6) is 17.2 Å². The first-order valence-electron chi connectivity index (χ1n) is 8.75. The van der Waals surface area contributed by atoms with Crippen molar-refractivity contribution in [2.24, 2.45) is 0 Å². The standard InChI is InChI=1S/C21H22N2O4/c1-4-26-21(25)19-20(24)16-9-8-15(11-17(16)18(23-19)12-22-3)27-14-7-5-6-13(2)10-14/h5-11,22,24H,4,12H2,1-3H3. The van der Waals surface area contributed by atoms with Gasteiger partial charge in [-0.2, -0.15) is 0 Å². The first-order valence-corrected chi connectivity index (χ1v) is 8.75. The van der Waals surface area contributed by atoms with E-state index < -0.39 is 5.97 Å². The van der Waals surface area contributed by atoms with Crippen molar-refractivity contribution in [2.75, 3.05) is 13.7 Å². The lowest BCUT2D eigenvalue weighted by atomic mass is 10.1. The van der Waals surface area contributed by atoms with Crippen LogP contribution in [0.15, 0.2) is 42.5 Å². The van der Waals surface area contributed by atoms with Gasteiger partial charge in [-0.25, -0.2) is 9.78 Å². The van der Waals surface area contributed by atoms with Gasteiger partial charge in [0.05, 0.1) is 12.3 Å². The highest BCUT2D eigenvalue weighted by molar-refractivity contribution is 6.00. The molecule has 0 atom stereocenters. The Morgan fingerprint density at radius 2 is 1.93 bits per heavy atom. The van der Waals surface area contributed by atoms with Crippen molar-refractivity contribution in [3.05, 3.63) is 59.4 Å². The van der Waals surface area contributed by atoms with Crippen molar-refractivity contribution in [1.82, 2.24) is 10.3 Å².